The molecule has 0 bridgehead atoms. The van der Waals surface area contributed by atoms with Crippen LogP contribution >= 0.6 is 0 Å². The number of aromatic nitrogens is 1. The van der Waals surface area contributed by atoms with E-state index in [0.717, 1.165) is 0 Å². The molecule has 36 heavy (non-hydrogen) atoms. The number of methoxy groups -OCH3 is 3. The van der Waals surface area contributed by atoms with E-state index in [2.05, 4.69) is 10.3 Å². The highest BCUT2D eigenvalue weighted by molar-refractivity contribution is 6.05. The fourth-order valence-corrected chi connectivity index (χ4v) is 3.69. The van der Waals surface area contributed by atoms with Crippen LogP contribution in [0.2, 0.25) is 0 Å². The number of benzene rings is 3. The fourth-order valence-electron chi connectivity index (χ4n) is 3.69. The molecular weight excluding hydrogens is 467 g/mol. The van der Waals surface area contributed by atoms with Gasteiger partial charge in [0.2, 0.25) is 5.75 Å². The molecular formula is C27H23FN2O6. The molecule has 9 heteroatoms. The summed E-state index contributed by atoms with van der Waals surface area (Å²) >= 11 is 0. The number of amides is 1. The summed E-state index contributed by atoms with van der Waals surface area (Å²) in [6.07, 6.45) is 0. The number of carbonyl (C=O) groups excluding carboxylic acids is 2. The summed E-state index contributed by atoms with van der Waals surface area (Å²) in [6.45, 7) is -0.550. The first-order valence-corrected chi connectivity index (χ1v) is 10.9. The van der Waals surface area contributed by atoms with Crippen LogP contribution in [0, 0.1) is 5.82 Å². The molecule has 0 aliphatic heterocycles. The zero-order valence-electron chi connectivity index (χ0n) is 19.8. The van der Waals surface area contributed by atoms with Crippen molar-refractivity contribution in [1.82, 2.24) is 4.98 Å². The first-order chi connectivity index (χ1) is 17.4. The van der Waals surface area contributed by atoms with E-state index in [1.54, 1.807) is 42.5 Å². The first-order valence-electron chi connectivity index (χ1n) is 10.9. The molecule has 184 valence electrons. The van der Waals surface area contributed by atoms with E-state index in [0.29, 0.717) is 39.4 Å². The predicted molar refractivity (Wildman–Crippen MR) is 132 cm³/mol. The number of anilines is 1. The average Bonchev–Trinajstić information content (AvgIpc) is 2.90. The lowest BCUT2D eigenvalue weighted by molar-refractivity contribution is -0.119. The van der Waals surface area contributed by atoms with Crippen LogP contribution in [0.4, 0.5) is 10.1 Å². The fraction of sp³-hybridized carbons (Fsp3) is 0.148. The monoisotopic (exact) mass is 490 g/mol. The summed E-state index contributed by atoms with van der Waals surface area (Å²) in [4.78, 5) is 30.0. The molecule has 8 nitrogen and oxygen atoms in total. The van der Waals surface area contributed by atoms with Crippen LogP contribution in [0.1, 0.15) is 10.4 Å². The van der Waals surface area contributed by atoms with Crippen LogP contribution in [0.5, 0.6) is 17.2 Å². The number of ether oxygens (including phenoxy) is 4. The highest BCUT2D eigenvalue weighted by Gasteiger charge is 2.19. The first kappa shape index (κ1) is 24.5. The van der Waals surface area contributed by atoms with E-state index in [-0.39, 0.29) is 11.3 Å². The van der Waals surface area contributed by atoms with Crippen LogP contribution in [-0.4, -0.2) is 44.8 Å². The number of esters is 1. The number of rotatable bonds is 8. The topological polar surface area (TPSA) is 96.0 Å². The molecule has 0 saturated carbocycles. The molecule has 1 N–H and O–H groups in total. The van der Waals surface area contributed by atoms with Gasteiger partial charge in [-0.1, -0.05) is 24.3 Å². The lowest BCUT2D eigenvalue weighted by Crippen LogP contribution is -2.21. The molecule has 3 aromatic carbocycles. The van der Waals surface area contributed by atoms with E-state index in [9.17, 15) is 14.0 Å². The average molecular weight is 490 g/mol. The number of fused-ring (bicyclic) bond motifs is 1. The van der Waals surface area contributed by atoms with Gasteiger partial charge in [-0.15, -0.1) is 0 Å². The normalized spacial score (nSPS) is 10.6. The van der Waals surface area contributed by atoms with Crippen molar-refractivity contribution in [2.45, 2.75) is 0 Å². The van der Waals surface area contributed by atoms with Crippen LogP contribution in [0.25, 0.3) is 22.2 Å². The van der Waals surface area contributed by atoms with Crippen molar-refractivity contribution < 1.29 is 32.9 Å². The number of hydrogen-bond acceptors (Lipinski definition) is 7. The SMILES string of the molecule is COc1cc(-c2cc(C(=O)OCC(=O)Nc3cccc(F)c3)c3ccccc3n2)cc(OC)c1OC. The minimum absolute atomic E-state index is 0.225. The standard InChI is InChI=1S/C27H23FN2O6/c1-33-23-11-16(12-24(34-2)26(23)35-3)22-14-20(19-9-4-5-10-21(19)30-22)27(32)36-15-25(31)29-18-8-6-7-17(28)13-18/h4-14H,15H2,1-3H3,(H,29,31). The maximum atomic E-state index is 13.4. The quantitative estimate of drug-likeness (QED) is 0.352. The van der Waals surface area contributed by atoms with Gasteiger partial charge in [-0.25, -0.2) is 14.2 Å². The third-order valence-corrected chi connectivity index (χ3v) is 5.34. The Kier molecular flexibility index (Phi) is 7.29. The highest BCUT2D eigenvalue weighted by atomic mass is 19.1. The Morgan fingerprint density at radius 2 is 1.61 bits per heavy atom. The van der Waals surface area contributed by atoms with Gasteiger partial charge in [-0.05, 0) is 42.5 Å². The summed E-state index contributed by atoms with van der Waals surface area (Å²) in [6, 6.07) is 17.5. The Morgan fingerprint density at radius 1 is 0.889 bits per heavy atom. The predicted octanol–water partition coefficient (Wildman–Crippen LogP) is 4.86. The number of pyridine rings is 1. The molecule has 4 aromatic rings. The molecule has 0 aliphatic rings. The summed E-state index contributed by atoms with van der Waals surface area (Å²) in [7, 11) is 4.52. The molecule has 4 rings (SSSR count). The van der Waals surface area contributed by atoms with Gasteiger partial charge in [0.15, 0.2) is 18.1 Å². The van der Waals surface area contributed by atoms with Gasteiger partial charge in [0.1, 0.15) is 5.82 Å². The molecule has 1 amide bonds. The third-order valence-electron chi connectivity index (χ3n) is 5.34. The van der Waals surface area contributed by atoms with Crippen molar-refractivity contribution >= 4 is 28.5 Å². The Hall–Kier alpha value is -4.66. The molecule has 0 radical (unpaired) electrons. The van der Waals surface area contributed by atoms with Gasteiger partial charge in [0.25, 0.3) is 5.91 Å². The third kappa shape index (κ3) is 5.20. The number of nitrogens with zero attached hydrogens (tertiary/aromatic N) is 1. The number of hydrogen-bond donors (Lipinski definition) is 1. The van der Waals surface area contributed by atoms with Crippen LogP contribution in [0.15, 0.2) is 66.7 Å². The minimum Gasteiger partial charge on any atom is -0.493 e. The van der Waals surface area contributed by atoms with Crippen LogP contribution < -0.4 is 19.5 Å². The molecule has 0 saturated heterocycles. The summed E-state index contributed by atoms with van der Waals surface area (Å²) in [5.41, 5.74) is 2.12. The second-order valence-corrected chi connectivity index (χ2v) is 7.62. The van der Waals surface area contributed by atoms with E-state index in [1.807, 2.05) is 0 Å². The molecule has 0 aliphatic carbocycles. The zero-order valence-corrected chi connectivity index (χ0v) is 19.8. The van der Waals surface area contributed by atoms with E-state index in [1.165, 1.54) is 45.6 Å². The van der Waals surface area contributed by atoms with Gasteiger partial charge in [-0.3, -0.25) is 4.79 Å². The minimum atomic E-state index is -0.711. The van der Waals surface area contributed by atoms with Gasteiger partial charge in [-0.2, -0.15) is 0 Å². The van der Waals surface area contributed by atoms with E-state index in [4.69, 9.17) is 18.9 Å². The van der Waals surface area contributed by atoms with Crippen LogP contribution in [0.3, 0.4) is 0 Å². The number of para-hydroxylation sites is 1. The highest BCUT2D eigenvalue weighted by Crippen LogP contribution is 2.41. The second kappa shape index (κ2) is 10.7. The van der Waals surface area contributed by atoms with Crippen molar-refractivity contribution in [3.05, 3.63) is 78.1 Å². The van der Waals surface area contributed by atoms with Gasteiger partial charge in [0, 0.05) is 16.6 Å². The maximum Gasteiger partial charge on any atom is 0.339 e. The summed E-state index contributed by atoms with van der Waals surface area (Å²) in [5, 5.41) is 3.05. The second-order valence-electron chi connectivity index (χ2n) is 7.62. The van der Waals surface area contributed by atoms with Gasteiger partial charge >= 0.3 is 5.97 Å². The molecule has 0 atom stereocenters. The Labute approximate surface area is 206 Å². The molecule has 0 spiro atoms. The van der Waals surface area contributed by atoms with Crippen LogP contribution in [-0.2, 0) is 9.53 Å². The van der Waals surface area contributed by atoms with Crippen molar-refractivity contribution in [3.8, 4) is 28.5 Å². The van der Waals surface area contributed by atoms with Crippen molar-refractivity contribution in [1.29, 1.82) is 0 Å². The number of carbonyl (C=O) groups is 2. The number of nitrogens with one attached hydrogen (secondary N) is 1. The molecule has 0 fully saturated rings. The van der Waals surface area contributed by atoms with Crippen molar-refractivity contribution in [3.63, 3.8) is 0 Å². The zero-order chi connectivity index (χ0) is 25.7. The number of halogens is 1. The Bertz CT molecular complexity index is 1410. The molecule has 1 heterocycles. The molecule has 1 aromatic heterocycles. The van der Waals surface area contributed by atoms with Gasteiger partial charge < -0.3 is 24.3 Å². The summed E-state index contributed by atoms with van der Waals surface area (Å²) in [5.74, 6) is -0.519. The lowest BCUT2D eigenvalue weighted by atomic mass is 10.0. The summed E-state index contributed by atoms with van der Waals surface area (Å²) < 4.78 is 34.9. The maximum absolute atomic E-state index is 13.4. The Morgan fingerprint density at radius 3 is 2.28 bits per heavy atom. The largest absolute Gasteiger partial charge is 0.493 e. The molecule has 0 unspecified atom stereocenters. The van der Waals surface area contributed by atoms with Crippen molar-refractivity contribution in [2.24, 2.45) is 0 Å². The lowest BCUT2D eigenvalue weighted by Gasteiger charge is -2.15. The Balaban J connectivity index is 1.65. The van der Waals surface area contributed by atoms with E-state index >= 15 is 0 Å². The van der Waals surface area contributed by atoms with Crippen molar-refractivity contribution in [2.75, 3.05) is 33.3 Å². The van der Waals surface area contributed by atoms with Gasteiger partial charge in [0.05, 0.1) is 38.1 Å². The smallest absolute Gasteiger partial charge is 0.339 e. The van der Waals surface area contributed by atoms with E-state index < -0.39 is 24.3 Å².